The maximum Gasteiger partial charge on any atom is 0.328 e. The molecule has 1 saturated heterocycles. The summed E-state index contributed by atoms with van der Waals surface area (Å²) < 4.78 is 24.0. The standard InChI is InChI=1S/C20H16FNO4/c21-13-5-3-12(4-6-13)16-11-25-18-10-14(7-8-15(18)19(16)23)26-20(24)17-2-1-9-22-17/h3-8,10-11,17,22H,1-2,9H2/t17-/m0/s1. The molecule has 2 aromatic carbocycles. The summed E-state index contributed by atoms with van der Waals surface area (Å²) in [5.74, 6) is -0.386. The van der Waals surface area contributed by atoms with E-state index in [9.17, 15) is 14.0 Å². The van der Waals surface area contributed by atoms with Gasteiger partial charge in [0, 0.05) is 6.07 Å². The van der Waals surface area contributed by atoms with Crippen molar-refractivity contribution in [1.82, 2.24) is 5.32 Å². The number of ether oxygens (including phenoxy) is 1. The molecule has 26 heavy (non-hydrogen) atoms. The van der Waals surface area contributed by atoms with Crippen LogP contribution in [0.2, 0.25) is 0 Å². The first-order valence-electron chi connectivity index (χ1n) is 8.38. The second-order valence-electron chi connectivity index (χ2n) is 6.21. The first kappa shape index (κ1) is 16.5. The lowest BCUT2D eigenvalue weighted by Gasteiger charge is -2.10. The summed E-state index contributed by atoms with van der Waals surface area (Å²) in [6.07, 6.45) is 3.03. The molecular weight excluding hydrogens is 337 g/mol. The van der Waals surface area contributed by atoms with Crippen molar-refractivity contribution >= 4 is 16.9 Å². The van der Waals surface area contributed by atoms with E-state index in [-0.39, 0.29) is 23.3 Å². The van der Waals surface area contributed by atoms with Crippen LogP contribution in [0.25, 0.3) is 22.1 Å². The van der Waals surface area contributed by atoms with E-state index < -0.39 is 0 Å². The molecule has 1 aliphatic rings. The number of hydrogen-bond donors (Lipinski definition) is 1. The van der Waals surface area contributed by atoms with Crippen molar-refractivity contribution in [2.24, 2.45) is 0 Å². The monoisotopic (exact) mass is 353 g/mol. The molecule has 0 amide bonds. The Balaban J connectivity index is 1.65. The van der Waals surface area contributed by atoms with Crippen molar-refractivity contribution in [3.8, 4) is 16.9 Å². The highest BCUT2D eigenvalue weighted by molar-refractivity contribution is 5.84. The van der Waals surface area contributed by atoms with Crippen LogP contribution in [0.1, 0.15) is 12.8 Å². The molecule has 5 nitrogen and oxygen atoms in total. The number of carbonyl (C=O) groups excluding carboxylic acids is 1. The van der Waals surface area contributed by atoms with Gasteiger partial charge in [0.2, 0.25) is 0 Å². The smallest absolute Gasteiger partial charge is 0.328 e. The van der Waals surface area contributed by atoms with Crippen LogP contribution in [-0.2, 0) is 4.79 Å². The van der Waals surface area contributed by atoms with E-state index in [2.05, 4.69) is 5.32 Å². The third kappa shape index (κ3) is 3.11. The molecule has 0 unspecified atom stereocenters. The van der Waals surface area contributed by atoms with Crippen molar-refractivity contribution < 1.29 is 18.3 Å². The topological polar surface area (TPSA) is 68.5 Å². The van der Waals surface area contributed by atoms with Gasteiger partial charge in [0.05, 0.1) is 10.9 Å². The molecule has 1 atom stereocenters. The third-order valence-electron chi connectivity index (χ3n) is 4.46. The molecular formula is C20H16FNO4. The number of carbonyl (C=O) groups is 1. The first-order valence-corrected chi connectivity index (χ1v) is 8.38. The van der Waals surface area contributed by atoms with Crippen LogP contribution < -0.4 is 15.5 Å². The Morgan fingerprint density at radius 3 is 2.73 bits per heavy atom. The van der Waals surface area contributed by atoms with Gasteiger partial charge in [-0.2, -0.15) is 0 Å². The van der Waals surface area contributed by atoms with Gasteiger partial charge in [-0.1, -0.05) is 12.1 Å². The fourth-order valence-electron chi connectivity index (χ4n) is 3.07. The van der Waals surface area contributed by atoms with Crippen molar-refractivity contribution in [2.75, 3.05) is 6.54 Å². The Morgan fingerprint density at radius 2 is 2.00 bits per heavy atom. The van der Waals surface area contributed by atoms with Crippen molar-refractivity contribution in [1.29, 1.82) is 0 Å². The summed E-state index contributed by atoms with van der Waals surface area (Å²) in [6.45, 7) is 0.804. The van der Waals surface area contributed by atoms with Gasteiger partial charge in [-0.15, -0.1) is 0 Å². The van der Waals surface area contributed by atoms with Crippen LogP contribution in [0.5, 0.6) is 5.75 Å². The molecule has 4 rings (SSSR count). The van der Waals surface area contributed by atoms with Gasteiger partial charge in [0.25, 0.3) is 0 Å². The van der Waals surface area contributed by atoms with Gasteiger partial charge in [0.1, 0.15) is 29.5 Å². The van der Waals surface area contributed by atoms with Gasteiger partial charge in [-0.05, 0) is 49.2 Å². The quantitative estimate of drug-likeness (QED) is 0.578. The number of rotatable bonds is 3. The van der Waals surface area contributed by atoms with Crippen molar-refractivity contribution in [3.05, 3.63) is 64.8 Å². The van der Waals surface area contributed by atoms with E-state index in [1.54, 1.807) is 12.1 Å². The van der Waals surface area contributed by atoms with E-state index in [1.165, 1.54) is 36.6 Å². The second kappa shape index (κ2) is 6.72. The lowest BCUT2D eigenvalue weighted by atomic mass is 10.1. The summed E-state index contributed by atoms with van der Waals surface area (Å²) in [7, 11) is 0. The predicted octanol–water partition coefficient (Wildman–Crippen LogP) is 3.26. The second-order valence-corrected chi connectivity index (χ2v) is 6.21. The molecule has 0 radical (unpaired) electrons. The number of esters is 1. The molecule has 0 aliphatic carbocycles. The highest BCUT2D eigenvalue weighted by Crippen LogP contribution is 2.24. The average Bonchev–Trinajstić information content (AvgIpc) is 3.18. The zero-order valence-electron chi connectivity index (χ0n) is 13.8. The molecule has 0 spiro atoms. The minimum atomic E-state index is -0.373. The average molecular weight is 353 g/mol. The zero-order chi connectivity index (χ0) is 18.1. The number of hydrogen-bond acceptors (Lipinski definition) is 5. The molecule has 2 heterocycles. The number of halogens is 1. The Kier molecular flexibility index (Phi) is 4.26. The molecule has 0 bridgehead atoms. The molecule has 6 heteroatoms. The fourth-order valence-corrected chi connectivity index (χ4v) is 3.07. The highest BCUT2D eigenvalue weighted by Gasteiger charge is 2.24. The maximum absolute atomic E-state index is 13.1. The Hall–Kier alpha value is -2.99. The van der Waals surface area contributed by atoms with Gasteiger partial charge >= 0.3 is 5.97 Å². The van der Waals surface area contributed by atoms with Gasteiger partial charge in [0.15, 0.2) is 5.43 Å². The van der Waals surface area contributed by atoms with Crippen molar-refractivity contribution in [3.63, 3.8) is 0 Å². The summed E-state index contributed by atoms with van der Waals surface area (Å²) in [4.78, 5) is 24.8. The molecule has 1 N–H and O–H groups in total. The minimum Gasteiger partial charge on any atom is -0.463 e. The first-order chi connectivity index (χ1) is 12.6. The van der Waals surface area contributed by atoms with Gasteiger partial charge < -0.3 is 14.5 Å². The summed E-state index contributed by atoms with van der Waals surface area (Å²) in [6, 6.07) is 10.0. The number of nitrogens with one attached hydrogen (secondary N) is 1. The van der Waals surface area contributed by atoms with E-state index in [0.717, 1.165) is 19.4 Å². The van der Waals surface area contributed by atoms with Gasteiger partial charge in [-0.3, -0.25) is 4.79 Å². The van der Waals surface area contributed by atoms with Crippen LogP contribution in [0.15, 0.2) is 57.9 Å². The lowest BCUT2D eigenvalue weighted by molar-refractivity contribution is -0.136. The lowest BCUT2D eigenvalue weighted by Crippen LogP contribution is -2.34. The normalized spacial score (nSPS) is 16.7. The van der Waals surface area contributed by atoms with E-state index in [0.29, 0.717) is 27.8 Å². The Bertz CT molecular complexity index is 1020. The number of benzene rings is 2. The molecule has 0 saturated carbocycles. The minimum absolute atomic E-state index is 0.229. The van der Waals surface area contributed by atoms with Crippen LogP contribution in [0, 0.1) is 5.82 Å². The van der Waals surface area contributed by atoms with Crippen LogP contribution in [0.4, 0.5) is 4.39 Å². The Labute approximate surface area is 148 Å². The SMILES string of the molecule is O=C(Oc1ccc2c(=O)c(-c3ccc(F)cc3)coc2c1)[C@@H]1CCCN1. The van der Waals surface area contributed by atoms with Crippen LogP contribution >= 0.6 is 0 Å². The largest absolute Gasteiger partial charge is 0.463 e. The fraction of sp³-hybridized carbons (Fsp3) is 0.200. The Morgan fingerprint density at radius 1 is 1.19 bits per heavy atom. The maximum atomic E-state index is 13.1. The molecule has 1 aliphatic heterocycles. The van der Waals surface area contributed by atoms with E-state index >= 15 is 0 Å². The molecule has 1 fully saturated rings. The van der Waals surface area contributed by atoms with Crippen molar-refractivity contribution in [2.45, 2.75) is 18.9 Å². The zero-order valence-corrected chi connectivity index (χ0v) is 13.8. The highest BCUT2D eigenvalue weighted by atomic mass is 19.1. The predicted molar refractivity (Wildman–Crippen MR) is 94.5 cm³/mol. The van der Waals surface area contributed by atoms with E-state index in [4.69, 9.17) is 9.15 Å². The summed E-state index contributed by atoms with van der Waals surface area (Å²) in [5, 5.41) is 3.44. The summed E-state index contributed by atoms with van der Waals surface area (Å²) >= 11 is 0. The van der Waals surface area contributed by atoms with Gasteiger partial charge in [-0.25, -0.2) is 9.18 Å². The molecule has 1 aromatic heterocycles. The van der Waals surface area contributed by atoms with Crippen LogP contribution in [0.3, 0.4) is 0 Å². The van der Waals surface area contributed by atoms with Crippen LogP contribution in [-0.4, -0.2) is 18.6 Å². The third-order valence-corrected chi connectivity index (χ3v) is 4.46. The molecule has 132 valence electrons. The number of fused-ring (bicyclic) bond motifs is 1. The molecule has 3 aromatic rings. The van der Waals surface area contributed by atoms with E-state index in [1.807, 2.05) is 0 Å². The summed E-state index contributed by atoms with van der Waals surface area (Å²) in [5.41, 5.74) is 1.01.